The van der Waals surface area contributed by atoms with Crippen molar-refractivity contribution >= 4 is 37.7 Å². The van der Waals surface area contributed by atoms with E-state index in [1.165, 1.54) is 11.6 Å². The summed E-state index contributed by atoms with van der Waals surface area (Å²) in [4.78, 5) is 43.3. The highest BCUT2D eigenvalue weighted by atomic mass is 127. The fraction of sp³-hybridized carbons (Fsp3) is 0.429. The number of hydrogen-bond donors (Lipinski definition) is 0. The number of likely N-dealkylation sites (tertiary alicyclic amines) is 1. The second-order valence-electron chi connectivity index (χ2n) is 7.90. The Balaban J connectivity index is 1.78. The van der Waals surface area contributed by atoms with Gasteiger partial charge in [0.25, 0.3) is 15.5 Å². The fourth-order valence-electron chi connectivity index (χ4n) is 3.95. The van der Waals surface area contributed by atoms with Crippen LogP contribution >= 0.6 is 22.6 Å². The minimum atomic E-state index is -0.432. The van der Waals surface area contributed by atoms with Gasteiger partial charge in [-0.3, -0.25) is 23.3 Å². The molecule has 0 radical (unpaired) electrons. The minimum Gasteiger partial charge on any atom is -0.461 e. The van der Waals surface area contributed by atoms with Crippen molar-refractivity contribution in [2.75, 3.05) is 13.1 Å². The largest absolute Gasteiger partial charge is 0.461 e. The molecule has 3 aromatic rings. The number of hydrogen-bond acceptors (Lipinski definition) is 5. The Morgan fingerprint density at radius 2 is 1.90 bits per heavy atom. The first-order valence-electron chi connectivity index (χ1n) is 10.1. The Hall–Kier alpha value is -2.63. The van der Waals surface area contributed by atoms with Gasteiger partial charge in [-0.2, -0.15) is 4.98 Å². The summed E-state index contributed by atoms with van der Waals surface area (Å²) in [6, 6.07) is 8.33. The number of benzene rings is 1. The van der Waals surface area contributed by atoms with Crippen LogP contribution < -0.4 is 16.0 Å². The van der Waals surface area contributed by atoms with Crippen LogP contribution in [-0.2, 0) is 20.6 Å². The second kappa shape index (κ2) is 8.48. The summed E-state index contributed by atoms with van der Waals surface area (Å²) in [5.41, 5.74) is 1.92. The summed E-state index contributed by atoms with van der Waals surface area (Å²) >= 11 is 1.80. The molecule has 9 nitrogen and oxygen atoms in total. The second-order valence-corrected chi connectivity index (χ2v) is 8.83. The van der Waals surface area contributed by atoms with E-state index in [0.29, 0.717) is 49.7 Å². The van der Waals surface area contributed by atoms with Gasteiger partial charge in [-0.05, 0) is 12.5 Å². The highest BCUT2D eigenvalue weighted by Gasteiger charge is 2.26. The standard InChI is InChI=1S/C21H24IN5O4/c1-13-5-4-6-14(11-13)12-27-16-17(24(2)21(30)25(3)18(16)28)23-20(27)31-15-7-9-26(10-8-15)19(22)29/h4-6,11,15H,7-10,12H2,1-3H3. The van der Waals surface area contributed by atoms with Crippen molar-refractivity contribution < 1.29 is 9.53 Å². The number of ether oxygens (including phenoxy) is 1. The molecule has 0 spiro atoms. The SMILES string of the molecule is Cc1cccc(Cn2c(OC3CCN(C(=O)I)CC3)nc3c2c(=O)n(C)c(=O)n3C)c1. The normalized spacial score (nSPS) is 14.9. The zero-order valence-corrected chi connectivity index (χ0v) is 19.8. The maximum atomic E-state index is 13.0. The van der Waals surface area contributed by atoms with Crippen LogP contribution in [0.25, 0.3) is 11.2 Å². The fourth-order valence-corrected chi connectivity index (χ4v) is 4.44. The maximum Gasteiger partial charge on any atom is 0.332 e. The Kier molecular flexibility index (Phi) is 5.91. The zero-order valence-electron chi connectivity index (χ0n) is 17.7. The molecule has 1 saturated heterocycles. The number of carbonyl (C=O) groups excluding carboxylic acids is 1. The van der Waals surface area contributed by atoms with Crippen LogP contribution in [0.1, 0.15) is 24.0 Å². The molecular weight excluding hydrogens is 513 g/mol. The number of piperidine rings is 1. The summed E-state index contributed by atoms with van der Waals surface area (Å²) in [5, 5.41) is 0. The molecule has 3 heterocycles. The Morgan fingerprint density at radius 3 is 2.55 bits per heavy atom. The predicted octanol–water partition coefficient (Wildman–Crippen LogP) is 2.19. The first-order valence-corrected chi connectivity index (χ1v) is 11.2. The molecule has 1 aliphatic heterocycles. The molecular formula is C21H24IN5O4. The highest BCUT2D eigenvalue weighted by molar-refractivity contribution is 14.1. The van der Waals surface area contributed by atoms with Crippen molar-refractivity contribution in [3.63, 3.8) is 0 Å². The third-order valence-electron chi connectivity index (χ3n) is 5.70. The predicted molar refractivity (Wildman–Crippen MR) is 125 cm³/mol. The lowest BCUT2D eigenvalue weighted by atomic mass is 10.1. The number of fused-ring (bicyclic) bond motifs is 1. The highest BCUT2D eigenvalue weighted by Crippen LogP contribution is 2.24. The monoisotopic (exact) mass is 537 g/mol. The lowest BCUT2D eigenvalue weighted by molar-refractivity contribution is 0.108. The molecule has 10 heteroatoms. The molecule has 1 fully saturated rings. The summed E-state index contributed by atoms with van der Waals surface area (Å²) < 4.78 is 10.5. The van der Waals surface area contributed by atoms with E-state index in [4.69, 9.17) is 4.74 Å². The third-order valence-corrected chi connectivity index (χ3v) is 6.38. The van der Waals surface area contributed by atoms with Gasteiger partial charge in [-0.15, -0.1) is 0 Å². The number of aryl methyl sites for hydroxylation is 2. The van der Waals surface area contributed by atoms with Gasteiger partial charge in [-0.25, -0.2) is 4.79 Å². The van der Waals surface area contributed by atoms with Gasteiger partial charge >= 0.3 is 5.69 Å². The molecule has 0 atom stereocenters. The quantitative estimate of drug-likeness (QED) is 0.289. The Morgan fingerprint density at radius 1 is 1.19 bits per heavy atom. The van der Waals surface area contributed by atoms with E-state index in [1.54, 1.807) is 39.1 Å². The van der Waals surface area contributed by atoms with Gasteiger partial charge in [0, 0.05) is 62.6 Å². The lowest BCUT2D eigenvalue weighted by Gasteiger charge is -2.30. The van der Waals surface area contributed by atoms with E-state index in [9.17, 15) is 14.4 Å². The van der Waals surface area contributed by atoms with E-state index in [-0.39, 0.29) is 10.0 Å². The molecule has 164 valence electrons. The number of rotatable bonds is 4. The molecule has 1 aliphatic rings. The summed E-state index contributed by atoms with van der Waals surface area (Å²) in [5.74, 6) is 0. The van der Waals surface area contributed by atoms with Crippen molar-refractivity contribution in [3.05, 3.63) is 56.2 Å². The molecule has 1 amide bonds. The molecule has 0 N–H and O–H groups in total. The average Bonchev–Trinajstić information content (AvgIpc) is 3.09. The molecule has 1 aromatic carbocycles. The van der Waals surface area contributed by atoms with Crippen molar-refractivity contribution in [1.29, 1.82) is 0 Å². The number of aromatic nitrogens is 4. The van der Waals surface area contributed by atoms with Gasteiger partial charge in [0.05, 0.1) is 6.54 Å². The van der Waals surface area contributed by atoms with E-state index in [0.717, 1.165) is 15.7 Å². The number of halogens is 1. The number of amides is 1. The molecule has 0 unspecified atom stereocenters. The van der Waals surface area contributed by atoms with Crippen LogP contribution in [0.5, 0.6) is 6.01 Å². The van der Waals surface area contributed by atoms with E-state index in [1.807, 2.05) is 31.2 Å². The number of carbonyl (C=O) groups is 1. The third kappa shape index (κ3) is 4.12. The van der Waals surface area contributed by atoms with E-state index in [2.05, 4.69) is 4.98 Å². The summed E-state index contributed by atoms with van der Waals surface area (Å²) in [6.07, 6.45) is 1.24. The Labute approximate surface area is 192 Å². The first kappa shape index (κ1) is 21.6. The van der Waals surface area contributed by atoms with Gasteiger partial charge < -0.3 is 9.64 Å². The molecule has 0 bridgehead atoms. The van der Waals surface area contributed by atoms with Crippen LogP contribution in [0.15, 0.2) is 33.9 Å². The molecule has 0 aliphatic carbocycles. The molecule has 0 saturated carbocycles. The van der Waals surface area contributed by atoms with Gasteiger partial charge in [0.1, 0.15) is 6.10 Å². The van der Waals surface area contributed by atoms with Crippen molar-refractivity contribution in [2.45, 2.75) is 32.4 Å². The van der Waals surface area contributed by atoms with Crippen molar-refractivity contribution in [2.24, 2.45) is 14.1 Å². The Bertz CT molecular complexity index is 1270. The van der Waals surface area contributed by atoms with Crippen LogP contribution in [0.4, 0.5) is 4.79 Å². The molecule has 4 rings (SSSR count). The summed E-state index contributed by atoms with van der Waals surface area (Å²) in [7, 11) is 3.06. The van der Waals surface area contributed by atoms with Gasteiger partial charge in [-0.1, -0.05) is 29.8 Å². The molecule has 31 heavy (non-hydrogen) atoms. The molecule has 2 aromatic heterocycles. The first-order chi connectivity index (χ1) is 14.8. The van der Waals surface area contributed by atoms with E-state index < -0.39 is 11.2 Å². The average molecular weight is 537 g/mol. The van der Waals surface area contributed by atoms with Crippen molar-refractivity contribution in [3.8, 4) is 6.01 Å². The van der Waals surface area contributed by atoms with Crippen LogP contribution in [0, 0.1) is 6.92 Å². The van der Waals surface area contributed by atoms with Crippen molar-refractivity contribution in [1.82, 2.24) is 23.6 Å². The van der Waals surface area contributed by atoms with E-state index >= 15 is 0 Å². The number of nitrogens with zero attached hydrogens (tertiary/aromatic N) is 5. The topological polar surface area (TPSA) is 91.4 Å². The van der Waals surface area contributed by atoms with Gasteiger partial charge in [0.2, 0.25) is 0 Å². The van der Waals surface area contributed by atoms with Crippen LogP contribution in [0.3, 0.4) is 0 Å². The van der Waals surface area contributed by atoms with Gasteiger partial charge in [0.15, 0.2) is 11.2 Å². The minimum absolute atomic E-state index is 0.0289. The zero-order chi connectivity index (χ0) is 22.3. The van der Waals surface area contributed by atoms with Crippen LogP contribution in [-0.4, -0.2) is 46.7 Å². The summed E-state index contributed by atoms with van der Waals surface area (Å²) in [6.45, 7) is 3.64. The lowest BCUT2D eigenvalue weighted by Crippen LogP contribution is -2.39. The smallest absolute Gasteiger partial charge is 0.332 e. The number of imidazole rings is 1. The van der Waals surface area contributed by atoms with Crippen LogP contribution in [0.2, 0.25) is 0 Å². The maximum absolute atomic E-state index is 13.0.